The van der Waals surface area contributed by atoms with Gasteiger partial charge in [-0.2, -0.15) is 0 Å². The molecule has 2 heterocycles. The molecule has 0 aromatic carbocycles. The number of hydrogen-bond donors (Lipinski definition) is 1. The molecule has 18 heavy (non-hydrogen) atoms. The number of aromatic nitrogens is 2. The molecule has 0 amide bonds. The van der Waals surface area contributed by atoms with Crippen molar-refractivity contribution in [3.05, 3.63) is 17.2 Å². The summed E-state index contributed by atoms with van der Waals surface area (Å²) in [6, 6.07) is 0. The highest BCUT2D eigenvalue weighted by Crippen LogP contribution is 2.18. The summed E-state index contributed by atoms with van der Waals surface area (Å²) in [5.74, 6) is 1.94. The van der Waals surface area contributed by atoms with E-state index in [9.17, 15) is 0 Å². The quantitative estimate of drug-likeness (QED) is 0.855. The van der Waals surface area contributed by atoms with E-state index in [0.717, 1.165) is 39.0 Å². The van der Waals surface area contributed by atoms with Crippen molar-refractivity contribution in [3.63, 3.8) is 0 Å². The average molecular weight is 250 g/mol. The van der Waals surface area contributed by atoms with Crippen LogP contribution in [0.5, 0.6) is 0 Å². The van der Waals surface area contributed by atoms with Crippen LogP contribution in [0.2, 0.25) is 0 Å². The molecule has 0 saturated carbocycles. The first-order valence-corrected chi connectivity index (χ1v) is 7.00. The normalized spacial score (nSPS) is 15.4. The van der Waals surface area contributed by atoms with Crippen LogP contribution in [0.25, 0.3) is 0 Å². The zero-order valence-electron chi connectivity index (χ0n) is 12.2. The fraction of sp³-hybridized carbons (Fsp3) is 0.786. The highest BCUT2D eigenvalue weighted by atomic mass is 15.2. The molecule has 0 spiro atoms. The zero-order valence-corrected chi connectivity index (χ0v) is 12.2. The molecule has 1 aromatic heterocycles. The van der Waals surface area contributed by atoms with E-state index in [1.807, 2.05) is 0 Å². The second kappa shape index (κ2) is 5.85. The van der Waals surface area contributed by atoms with E-state index < -0.39 is 0 Å². The van der Waals surface area contributed by atoms with Crippen LogP contribution in [-0.2, 0) is 25.9 Å². The van der Waals surface area contributed by atoms with Crippen LogP contribution in [0.4, 0.5) is 0 Å². The number of hydrogen-bond acceptors (Lipinski definition) is 3. The first kappa shape index (κ1) is 13.6. The van der Waals surface area contributed by atoms with Crippen LogP contribution < -0.4 is 5.32 Å². The highest BCUT2D eigenvalue weighted by molar-refractivity contribution is 5.20. The van der Waals surface area contributed by atoms with Crippen molar-refractivity contribution in [2.24, 2.45) is 5.92 Å². The molecular formula is C14H26N4. The van der Waals surface area contributed by atoms with Crippen molar-refractivity contribution in [1.29, 1.82) is 0 Å². The van der Waals surface area contributed by atoms with Gasteiger partial charge in [-0.3, -0.25) is 0 Å². The third-order valence-corrected chi connectivity index (χ3v) is 3.43. The van der Waals surface area contributed by atoms with E-state index in [1.54, 1.807) is 0 Å². The summed E-state index contributed by atoms with van der Waals surface area (Å²) in [5, 5.41) is 3.41. The van der Waals surface area contributed by atoms with Gasteiger partial charge >= 0.3 is 0 Å². The summed E-state index contributed by atoms with van der Waals surface area (Å²) in [7, 11) is 4.26. The van der Waals surface area contributed by atoms with Gasteiger partial charge in [-0.05, 0) is 20.0 Å². The van der Waals surface area contributed by atoms with Gasteiger partial charge in [0, 0.05) is 44.7 Å². The maximum absolute atomic E-state index is 4.85. The minimum absolute atomic E-state index is 0.667. The van der Waals surface area contributed by atoms with E-state index in [2.05, 4.69) is 42.7 Å². The molecule has 1 aromatic rings. The Morgan fingerprint density at radius 2 is 2.17 bits per heavy atom. The lowest BCUT2D eigenvalue weighted by molar-refractivity contribution is 0.374. The Kier molecular flexibility index (Phi) is 4.40. The van der Waals surface area contributed by atoms with Gasteiger partial charge in [-0.25, -0.2) is 4.98 Å². The monoisotopic (exact) mass is 250 g/mol. The Morgan fingerprint density at radius 1 is 1.39 bits per heavy atom. The molecule has 0 radical (unpaired) electrons. The molecule has 0 bridgehead atoms. The van der Waals surface area contributed by atoms with Crippen LogP contribution in [0.1, 0.15) is 31.1 Å². The lowest BCUT2D eigenvalue weighted by Crippen LogP contribution is -2.27. The van der Waals surface area contributed by atoms with Gasteiger partial charge in [0.25, 0.3) is 0 Å². The Hall–Kier alpha value is -0.870. The standard InChI is InChI=1S/C14H26N4/c1-11(2)9-14-16-12-10-15-6-5-13(12)18(14)8-7-17(3)4/h11,15H,5-10H2,1-4H3. The van der Waals surface area contributed by atoms with Crippen molar-refractivity contribution < 1.29 is 0 Å². The maximum Gasteiger partial charge on any atom is 0.109 e. The number of likely N-dealkylation sites (N-methyl/N-ethyl adjacent to an activating group) is 1. The summed E-state index contributed by atoms with van der Waals surface area (Å²) < 4.78 is 2.47. The Morgan fingerprint density at radius 3 is 2.83 bits per heavy atom. The van der Waals surface area contributed by atoms with Crippen molar-refractivity contribution in [2.45, 2.75) is 39.8 Å². The van der Waals surface area contributed by atoms with Crippen LogP contribution in [0, 0.1) is 5.92 Å². The van der Waals surface area contributed by atoms with Gasteiger partial charge in [-0.15, -0.1) is 0 Å². The smallest absolute Gasteiger partial charge is 0.109 e. The maximum atomic E-state index is 4.85. The first-order chi connectivity index (χ1) is 8.58. The fourth-order valence-electron chi connectivity index (χ4n) is 2.51. The SMILES string of the molecule is CC(C)Cc1nc2c(n1CCN(C)C)CCNC2. The van der Waals surface area contributed by atoms with E-state index in [4.69, 9.17) is 4.98 Å². The molecule has 1 N–H and O–H groups in total. The highest BCUT2D eigenvalue weighted by Gasteiger charge is 2.19. The number of nitrogens with zero attached hydrogens (tertiary/aromatic N) is 3. The van der Waals surface area contributed by atoms with E-state index >= 15 is 0 Å². The number of nitrogens with one attached hydrogen (secondary N) is 1. The molecule has 102 valence electrons. The van der Waals surface area contributed by atoms with Crippen LogP contribution >= 0.6 is 0 Å². The van der Waals surface area contributed by atoms with Gasteiger partial charge in [0.2, 0.25) is 0 Å². The largest absolute Gasteiger partial charge is 0.330 e. The molecule has 0 saturated heterocycles. The van der Waals surface area contributed by atoms with Gasteiger partial charge in [0.1, 0.15) is 5.82 Å². The summed E-state index contributed by atoms with van der Waals surface area (Å²) in [6.45, 7) is 8.71. The number of fused-ring (bicyclic) bond motifs is 1. The summed E-state index contributed by atoms with van der Waals surface area (Å²) in [4.78, 5) is 7.09. The molecule has 4 nitrogen and oxygen atoms in total. The topological polar surface area (TPSA) is 33.1 Å². The van der Waals surface area contributed by atoms with E-state index in [-0.39, 0.29) is 0 Å². The van der Waals surface area contributed by atoms with E-state index in [0.29, 0.717) is 5.92 Å². The van der Waals surface area contributed by atoms with Crippen molar-refractivity contribution in [2.75, 3.05) is 27.2 Å². The predicted molar refractivity (Wildman–Crippen MR) is 74.7 cm³/mol. The second-order valence-corrected chi connectivity index (χ2v) is 5.90. The summed E-state index contributed by atoms with van der Waals surface area (Å²) in [5.41, 5.74) is 2.74. The molecule has 0 unspecified atom stereocenters. The minimum Gasteiger partial charge on any atom is -0.330 e. The first-order valence-electron chi connectivity index (χ1n) is 7.00. The lowest BCUT2D eigenvalue weighted by atomic mass is 10.1. The zero-order chi connectivity index (χ0) is 13.1. The minimum atomic E-state index is 0.667. The number of imidazole rings is 1. The second-order valence-electron chi connectivity index (χ2n) is 5.90. The molecular weight excluding hydrogens is 224 g/mol. The molecule has 1 aliphatic rings. The summed E-state index contributed by atoms with van der Waals surface area (Å²) in [6.07, 6.45) is 2.20. The average Bonchev–Trinajstić information content (AvgIpc) is 2.62. The van der Waals surface area contributed by atoms with Gasteiger partial charge in [0.05, 0.1) is 5.69 Å². The van der Waals surface area contributed by atoms with Crippen LogP contribution in [0.3, 0.4) is 0 Å². The van der Waals surface area contributed by atoms with Crippen molar-refractivity contribution in [3.8, 4) is 0 Å². The fourth-order valence-corrected chi connectivity index (χ4v) is 2.51. The Labute approximate surface area is 110 Å². The van der Waals surface area contributed by atoms with Crippen molar-refractivity contribution in [1.82, 2.24) is 19.8 Å². The number of rotatable bonds is 5. The Bertz CT molecular complexity index is 393. The van der Waals surface area contributed by atoms with Crippen molar-refractivity contribution >= 4 is 0 Å². The molecule has 4 heteroatoms. The third kappa shape index (κ3) is 3.12. The molecule has 0 fully saturated rings. The van der Waals surface area contributed by atoms with Crippen LogP contribution in [-0.4, -0.2) is 41.6 Å². The molecule has 2 rings (SSSR count). The molecule has 0 aliphatic carbocycles. The van der Waals surface area contributed by atoms with Gasteiger partial charge in [0.15, 0.2) is 0 Å². The van der Waals surface area contributed by atoms with Crippen LogP contribution in [0.15, 0.2) is 0 Å². The molecule has 0 atom stereocenters. The predicted octanol–water partition coefficient (Wildman–Crippen LogP) is 1.29. The Balaban J connectivity index is 2.23. The van der Waals surface area contributed by atoms with E-state index in [1.165, 1.54) is 17.2 Å². The molecule has 1 aliphatic heterocycles. The third-order valence-electron chi connectivity index (χ3n) is 3.43. The lowest BCUT2D eigenvalue weighted by Gasteiger charge is -2.18. The van der Waals surface area contributed by atoms with Gasteiger partial charge < -0.3 is 14.8 Å². The summed E-state index contributed by atoms with van der Waals surface area (Å²) >= 11 is 0. The van der Waals surface area contributed by atoms with Gasteiger partial charge in [-0.1, -0.05) is 13.8 Å².